The summed E-state index contributed by atoms with van der Waals surface area (Å²) >= 11 is 0.769. The Labute approximate surface area is 231 Å². The predicted molar refractivity (Wildman–Crippen MR) is 144 cm³/mol. The van der Waals surface area contributed by atoms with Gasteiger partial charge in [0.25, 0.3) is 11.8 Å². The lowest BCUT2D eigenvalue weighted by molar-refractivity contribution is -0.127. The maximum absolute atomic E-state index is 14.1. The van der Waals surface area contributed by atoms with Crippen molar-refractivity contribution in [1.29, 1.82) is 0 Å². The molecule has 2 fully saturated rings. The molecule has 13 heteroatoms. The Morgan fingerprint density at radius 1 is 1.10 bits per heavy atom. The highest BCUT2D eigenvalue weighted by atomic mass is 32.1. The minimum Gasteiger partial charge on any atom is -0.493 e. The second-order valence-corrected chi connectivity index (χ2v) is 10.4. The largest absolute Gasteiger partial charge is 0.493 e. The quantitative estimate of drug-likeness (QED) is 0.373. The van der Waals surface area contributed by atoms with Gasteiger partial charge in [-0.15, -0.1) is 0 Å². The molecular formula is C26H35N5O7S. The van der Waals surface area contributed by atoms with Gasteiger partial charge in [0.15, 0.2) is 17.2 Å². The Balaban J connectivity index is 1.84. The van der Waals surface area contributed by atoms with Gasteiger partial charge in [-0.1, -0.05) is 12.8 Å². The molecule has 0 spiro atoms. The van der Waals surface area contributed by atoms with Crippen LogP contribution in [0.25, 0.3) is 0 Å². The monoisotopic (exact) mass is 561 g/mol. The SMILES string of the molecule is COc1cc([C@H](C(=O)NC2CCCC2)N(C[C@@H]2CCCO2)C(=O)c2snc(C(N)=O)c2N)cc(OC)c1OC. The molecule has 1 saturated heterocycles. The molecule has 0 radical (unpaired) electrons. The predicted octanol–water partition coefficient (Wildman–Crippen LogP) is 2.27. The Kier molecular flexibility index (Phi) is 9.12. The molecule has 212 valence electrons. The molecule has 1 aliphatic carbocycles. The van der Waals surface area contributed by atoms with Crippen molar-refractivity contribution in [3.63, 3.8) is 0 Å². The first-order chi connectivity index (χ1) is 18.8. The first kappa shape index (κ1) is 28.4. The molecule has 12 nitrogen and oxygen atoms in total. The summed E-state index contributed by atoms with van der Waals surface area (Å²) in [4.78, 5) is 41.4. The van der Waals surface area contributed by atoms with Gasteiger partial charge in [-0.2, -0.15) is 4.37 Å². The Bertz CT molecular complexity index is 1180. The van der Waals surface area contributed by atoms with E-state index in [4.69, 9.17) is 30.4 Å². The van der Waals surface area contributed by atoms with Gasteiger partial charge in [-0.05, 0) is 54.9 Å². The van der Waals surface area contributed by atoms with Crippen molar-refractivity contribution in [2.45, 2.75) is 56.7 Å². The highest BCUT2D eigenvalue weighted by Crippen LogP contribution is 2.41. The number of rotatable bonds is 11. The van der Waals surface area contributed by atoms with Gasteiger partial charge < -0.3 is 40.6 Å². The number of benzene rings is 1. The minimum absolute atomic E-state index is 0.00309. The fourth-order valence-electron chi connectivity index (χ4n) is 5.16. The molecule has 4 rings (SSSR count). The van der Waals surface area contributed by atoms with Crippen LogP contribution in [0.2, 0.25) is 0 Å². The molecule has 1 aliphatic heterocycles. The number of nitrogen functional groups attached to an aromatic ring is 1. The molecule has 2 aliphatic rings. The highest BCUT2D eigenvalue weighted by Gasteiger charge is 2.38. The number of methoxy groups -OCH3 is 3. The average molecular weight is 562 g/mol. The molecule has 1 aromatic heterocycles. The second-order valence-electron chi connectivity index (χ2n) is 9.58. The van der Waals surface area contributed by atoms with Crippen molar-refractivity contribution in [1.82, 2.24) is 14.6 Å². The number of amides is 3. The average Bonchev–Trinajstić information content (AvgIpc) is 3.70. The third-order valence-corrected chi connectivity index (χ3v) is 7.96. The van der Waals surface area contributed by atoms with Gasteiger partial charge in [-0.25, -0.2) is 0 Å². The number of aromatic nitrogens is 1. The Morgan fingerprint density at radius 3 is 2.28 bits per heavy atom. The van der Waals surface area contributed by atoms with E-state index in [1.54, 1.807) is 12.1 Å². The van der Waals surface area contributed by atoms with Crippen LogP contribution >= 0.6 is 11.5 Å². The summed E-state index contributed by atoms with van der Waals surface area (Å²) in [6.45, 7) is 0.672. The third kappa shape index (κ3) is 6.04. The molecule has 5 N–H and O–H groups in total. The van der Waals surface area contributed by atoms with Crippen LogP contribution in [-0.2, 0) is 9.53 Å². The second kappa shape index (κ2) is 12.5. The van der Waals surface area contributed by atoms with Crippen LogP contribution in [0.3, 0.4) is 0 Å². The van der Waals surface area contributed by atoms with E-state index in [0.717, 1.165) is 50.1 Å². The van der Waals surface area contributed by atoms with E-state index >= 15 is 0 Å². The van der Waals surface area contributed by atoms with Gasteiger partial charge in [0.05, 0.1) is 33.1 Å². The van der Waals surface area contributed by atoms with Crippen molar-refractivity contribution in [3.8, 4) is 17.2 Å². The Hall–Kier alpha value is -3.58. The molecule has 1 saturated carbocycles. The molecule has 0 unspecified atom stereocenters. The van der Waals surface area contributed by atoms with Crippen molar-refractivity contribution >= 4 is 34.9 Å². The normalized spacial score (nSPS) is 18.0. The number of carbonyl (C=O) groups excluding carboxylic acids is 3. The third-order valence-electron chi connectivity index (χ3n) is 7.11. The topological polar surface area (TPSA) is 168 Å². The number of nitrogens with zero attached hydrogens (tertiary/aromatic N) is 2. The van der Waals surface area contributed by atoms with E-state index in [9.17, 15) is 14.4 Å². The van der Waals surface area contributed by atoms with E-state index in [2.05, 4.69) is 9.69 Å². The van der Waals surface area contributed by atoms with Crippen molar-refractivity contribution in [2.24, 2.45) is 5.73 Å². The molecule has 0 bridgehead atoms. The van der Waals surface area contributed by atoms with E-state index in [0.29, 0.717) is 29.4 Å². The molecule has 39 heavy (non-hydrogen) atoms. The number of ether oxygens (including phenoxy) is 4. The van der Waals surface area contributed by atoms with E-state index in [1.165, 1.54) is 26.2 Å². The summed E-state index contributed by atoms with van der Waals surface area (Å²) in [5, 5.41) is 3.13. The fraction of sp³-hybridized carbons (Fsp3) is 0.538. The van der Waals surface area contributed by atoms with E-state index < -0.39 is 17.9 Å². The summed E-state index contributed by atoms with van der Waals surface area (Å²) in [7, 11) is 4.45. The smallest absolute Gasteiger partial charge is 0.270 e. The van der Waals surface area contributed by atoms with Crippen LogP contribution in [0.1, 0.15) is 70.3 Å². The summed E-state index contributed by atoms with van der Waals surface area (Å²) in [6.07, 6.45) is 5.03. The first-order valence-electron chi connectivity index (χ1n) is 12.9. The summed E-state index contributed by atoms with van der Waals surface area (Å²) in [5.74, 6) is -0.733. The molecule has 3 amide bonds. The highest BCUT2D eigenvalue weighted by molar-refractivity contribution is 7.09. The molecule has 1 aromatic carbocycles. The summed E-state index contributed by atoms with van der Waals surface area (Å²) < 4.78 is 26.4. The number of nitrogens with one attached hydrogen (secondary N) is 1. The van der Waals surface area contributed by atoms with Crippen LogP contribution in [0.5, 0.6) is 17.2 Å². The van der Waals surface area contributed by atoms with E-state index in [-0.39, 0.29) is 40.9 Å². The lowest BCUT2D eigenvalue weighted by Crippen LogP contribution is -2.48. The molecule has 2 heterocycles. The number of carbonyl (C=O) groups is 3. The number of anilines is 1. The first-order valence-corrected chi connectivity index (χ1v) is 13.6. The maximum atomic E-state index is 14.1. The zero-order chi connectivity index (χ0) is 28.1. The minimum atomic E-state index is -1.10. The number of primary amides is 1. The van der Waals surface area contributed by atoms with Crippen molar-refractivity contribution in [3.05, 3.63) is 28.3 Å². The number of hydrogen-bond donors (Lipinski definition) is 3. The molecular weight excluding hydrogens is 526 g/mol. The number of nitrogens with two attached hydrogens (primary N) is 2. The van der Waals surface area contributed by atoms with Crippen LogP contribution < -0.4 is 31.0 Å². The lowest BCUT2D eigenvalue weighted by atomic mass is 10.0. The van der Waals surface area contributed by atoms with E-state index in [1.807, 2.05) is 0 Å². The van der Waals surface area contributed by atoms with Gasteiger partial charge in [-0.3, -0.25) is 14.4 Å². The van der Waals surface area contributed by atoms with Crippen LogP contribution in [-0.4, -0.2) is 73.6 Å². The van der Waals surface area contributed by atoms with Gasteiger partial charge in [0, 0.05) is 19.2 Å². The van der Waals surface area contributed by atoms with Crippen LogP contribution in [0, 0.1) is 0 Å². The van der Waals surface area contributed by atoms with Crippen LogP contribution in [0.4, 0.5) is 5.69 Å². The lowest BCUT2D eigenvalue weighted by Gasteiger charge is -2.34. The fourth-order valence-corrected chi connectivity index (χ4v) is 5.92. The zero-order valence-electron chi connectivity index (χ0n) is 22.4. The number of hydrogen-bond acceptors (Lipinski definition) is 10. The van der Waals surface area contributed by atoms with Crippen molar-refractivity contribution < 1.29 is 33.3 Å². The summed E-state index contributed by atoms with van der Waals surface area (Å²) in [6, 6.07) is 2.20. The van der Waals surface area contributed by atoms with Gasteiger partial charge in [0.1, 0.15) is 10.9 Å². The molecule has 2 aromatic rings. The van der Waals surface area contributed by atoms with Crippen molar-refractivity contribution in [2.75, 3.05) is 40.2 Å². The zero-order valence-corrected chi connectivity index (χ0v) is 23.2. The van der Waals surface area contributed by atoms with Gasteiger partial charge >= 0.3 is 0 Å². The Morgan fingerprint density at radius 2 is 1.77 bits per heavy atom. The summed E-state index contributed by atoms with van der Waals surface area (Å²) in [5.41, 5.74) is 11.7. The maximum Gasteiger partial charge on any atom is 0.270 e. The molecule has 2 atom stereocenters. The van der Waals surface area contributed by atoms with Gasteiger partial charge in [0.2, 0.25) is 11.7 Å². The standard InChI is InChI=1S/C26H35N5O7S/c1-35-17-11-14(12-18(36-2)22(17)37-3)21(25(33)29-15-7-4-5-8-15)31(13-16-9-6-10-38-16)26(34)23-19(27)20(24(28)32)30-39-23/h11-12,15-16,21H,4-10,13,27H2,1-3H3,(H2,28,32)(H,29,33)/t16-,21+/m0/s1. The van der Waals surface area contributed by atoms with Crippen LogP contribution in [0.15, 0.2) is 12.1 Å².